The number of anilines is 1. The summed E-state index contributed by atoms with van der Waals surface area (Å²) < 4.78 is 5.78. The molecule has 1 amide bonds. The lowest BCUT2D eigenvalue weighted by Crippen LogP contribution is -2.20. The largest absolute Gasteiger partial charge is 0.483 e. The molecular weight excluding hydrogens is 392 g/mol. The minimum Gasteiger partial charge on any atom is -0.483 e. The first-order chi connectivity index (χ1) is 13.4. The molecule has 0 atom stereocenters. The van der Waals surface area contributed by atoms with Gasteiger partial charge in [-0.2, -0.15) is 0 Å². The van der Waals surface area contributed by atoms with E-state index in [0.717, 1.165) is 33.7 Å². The molecule has 0 aliphatic carbocycles. The highest BCUT2D eigenvalue weighted by Gasteiger charge is 2.12. The third kappa shape index (κ3) is 5.57. The first kappa shape index (κ1) is 20.4. The number of amides is 1. The van der Waals surface area contributed by atoms with Crippen LogP contribution in [-0.2, 0) is 11.2 Å². The Balaban J connectivity index is 1.57. The second kappa shape index (κ2) is 9.22. The number of nitrogens with one attached hydrogen (secondary N) is 1. The maximum Gasteiger partial charge on any atom is 0.264 e. The minimum atomic E-state index is -0.222. The van der Waals surface area contributed by atoms with Crippen molar-refractivity contribution in [2.45, 2.75) is 33.1 Å². The number of thiazole rings is 1. The van der Waals surface area contributed by atoms with Crippen LogP contribution in [0, 0.1) is 6.92 Å². The van der Waals surface area contributed by atoms with E-state index >= 15 is 0 Å². The van der Waals surface area contributed by atoms with Crippen LogP contribution in [0.3, 0.4) is 0 Å². The summed E-state index contributed by atoms with van der Waals surface area (Å²) in [7, 11) is 0. The molecule has 1 aromatic heterocycles. The summed E-state index contributed by atoms with van der Waals surface area (Å²) in [6.07, 6.45) is 2.51. The van der Waals surface area contributed by atoms with Crippen molar-refractivity contribution in [1.29, 1.82) is 0 Å². The van der Waals surface area contributed by atoms with E-state index in [4.69, 9.17) is 16.3 Å². The average molecular weight is 415 g/mol. The number of aryl methyl sites for hydroxylation is 1. The summed E-state index contributed by atoms with van der Waals surface area (Å²) in [6.45, 7) is 6.17. The van der Waals surface area contributed by atoms with Crippen LogP contribution in [-0.4, -0.2) is 17.5 Å². The maximum atomic E-state index is 12.3. The van der Waals surface area contributed by atoms with E-state index in [-0.39, 0.29) is 12.5 Å². The highest BCUT2D eigenvalue weighted by Crippen LogP contribution is 2.27. The van der Waals surface area contributed by atoms with Crippen molar-refractivity contribution in [3.05, 3.63) is 75.3 Å². The van der Waals surface area contributed by atoms with E-state index in [1.807, 2.05) is 37.3 Å². The number of nitrogens with zero attached hydrogens (tertiary/aromatic N) is 1. The molecule has 4 nitrogen and oxygen atoms in total. The third-order valence-electron chi connectivity index (χ3n) is 4.22. The Hall–Kier alpha value is -2.37. The molecular formula is C22H23ClN2O2S. The fraction of sp³-hybridized carbons (Fsp3) is 0.273. The predicted molar refractivity (Wildman–Crippen MR) is 116 cm³/mol. The number of carbonyl (C=O) groups excluding carboxylic acids is 1. The van der Waals surface area contributed by atoms with Crippen molar-refractivity contribution in [2.75, 3.05) is 11.9 Å². The fourth-order valence-electron chi connectivity index (χ4n) is 2.84. The molecule has 1 N–H and O–H groups in total. The number of benzene rings is 2. The fourth-order valence-corrected chi connectivity index (χ4v) is 3.91. The molecule has 28 heavy (non-hydrogen) atoms. The smallest absolute Gasteiger partial charge is 0.264 e. The van der Waals surface area contributed by atoms with Gasteiger partial charge in [0, 0.05) is 22.5 Å². The SMILES string of the molecule is Cc1ccc(C(C)C)c(OCC(=O)Nc2ncc(Cc3cccc(Cl)c3)s2)c1. The van der Waals surface area contributed by atoms with Crippen LogP contribution in [0.1, 0.15) is 41.3 Å². The minimum absolute atomic E-state index is 0.0492. The number of halogens is 1. The Morgan fingerprint density at radius 2 is 2.07 bits per heavy atom. The molecule has 0 radical (unpaired) electrons. The predicted octanol–water partition coefficient (Wildman–Crippen LogP) is 5.84. The van der Waals surface area contributed by atoms with E-state index in [9.17, 15) is 4.79 Å². The summed E-state index contributed by atoms with van der Waals surface area (Å²) >= 11 is 7.48. The van der Waals surface area contributed by atoms with Gasteiger partial charge in [-0.25, -0.2) is 4.98 Å². The van der Waals surface area contributed by atoms with Gasteiger partial charge in [-0.3, -0.25) is 10.1 Å². The van der Waals surface area contributed by atoms with Crippen molar-refractivity contribution < 1.29 is 9.53 Å². The Bertz CT molecular complexity index is 969. The first-order valence-corrected chi connectivity index (χ1v) is 10.3. The van der Waals surface area contributed by atoms with Crippen molar-refractivity contribution in [3.63, 3.8) is 0 Å². The zero-order valence-corrected chi connectivity index (χ0v) is 17.7. The number of hydrogen-bond acceptors (Lipinski definition) is 4. The molecule has 3 rings (SSSR count). The molecule has 1 heterocycles. The highest BCUT2D eigenvalue weighted by molar-refractivity contribution is 7.15. The van der Waals surface area contributed by atoms with Crippen LogP contribution >= 0.6 is 22.9 Å². The molecule has 146 valence electrons. The number of carbonyl (C=O) groups is 1. The van der Waals surface area contributed by atoms with E-state index < -0.39 is 0 Å². The monoisotopic (exact) mass is 414 g/mol. The summed E-state index contributed by atoms with van der Waals surface area (Å²) in [5, 5.41) is 4.09. The van der Waals surface area contributed by atoms with Gasteiger partial charge in [-0.05, 0) is 47.7 Å². The van der Waals surface area contributed by atoms with Gasteiger partial charge in [0.1, 0.15) is 5.75 Å². The Labute approximate surface area is 174 Å². The van der Waals surface area contributed by atoms with Crippen LogP contribution in [0.5, 0.6) is 5.75 Å². The summed E-state index contributed by atoms with van der Waals surface area (Å²) in [5.41, 5.74) is 3.31. The average Bonchev–Trinajstić information content (AvgIpc) is 3.06. The van der Waals surface area contributed by atoms with Gasteiger partial charge in [-0.15, -0.1) is 11.3 Å². The van der Waals surface area contributed by atoms with E-state index in [0.29, 0.717) is 16.1 Å². The summed E-state index contributed by atoms with van der Waals surface area (Å²) in [5.74, 6) is 0.859. The van der Waals surface area contributed by atoms with Gasteiger partial charge in [0.15, 0.2) is 11.7 Å². The van der Waals surface area contributed by atoms with Crippen molar-refractivity contribution >= 4 is 34.0 Å². The van der Waals surface area contributed by atoms with Crippen LogP contribution in [0.15, 0.2) is 48.7 Å². The molecule has 3 aromatic rings. The lowest BCUT2D eigenvalue weighted by molar-refractivity contribution is -0.118. The van der Waals surface area contributed by atoms with Gasteiger partial charge >= 0.3 is 0 Å². The van der Waals surface area contributed by atoms with Crippen molar-refractivity contribution in [1.82, 2.24) is 4.98 Å². The Morgan fingerprint density at radius 3 is 2.82 bits per heavy atom. The standard InChI is InChI=1S/C22H23ClN2O2S/c1-14(2)19-8-7-15(3)9-20(19)27-13-21(26)25-22-24-12-18(28-22)11-16-5-4-6-17(23)10-16/h4-10,12,14H,11,13H2,1-3H3,(H,24,25,26). The molecule has 6 heteroatoms. The molecule has 2 aromatic carbocycles. The van der Waals surface area contributed by atoms with Crippen LogP contribution < -0.4 is 10.1 Å². The zero-order chi connectivity index (χ0) is 20.1. The molecule has 0 saturated heterocycles. The normalized spacial score (nSPS) is 10.9. The summed E-state index contributed by atoms with van der Waals surface area (Å²) in [4.78, 5) is 17.6. The van der Waals surface area contributed by atoms with E-state index in [1.165, 1.54) is 11.3 Å². The van der Waals surface area contributed by atoms with Gasteiger partial charge in [-0.1, -0.05) is 49.7 Å². The molecule has 0 fully saturated rings. The highest BCUT2D eigenvalue weighted by atomic mass is 35.5. The van der Waals surface area contributed by atoms with Gasteiger partial charge in [0.05, 0.1) is 0 Å². The molecule has 0 aliphatic rings. The molecule has 0 saturated carbocycles. The van der Waals surface area contributed by atoms with Crippen LogP contribution in [0.25, 0.3) is 0 Å². The number of aromatic nitrogens is 1. The summed E-state index contributed by atoms with van der Waals surface area (Å²) in [6, 6.07) is 13.8. The molecule has 0 unspecified atom stereocenters. The van der Waals surface area contributed by atoms with E-state index in [2.05, 4.69) is 36.3 Å². The third-order valence-corrected chi connectivity index (χ3v) is 5.36. The van der Waals surface area contributed by atoms with Crippen LogP contribution in [0.4, 0.5) is 5.13 Å². The quantitative estimate of drug-likeness (QED) is 0.528. The van der Waals surface area contributed by atoms with Gasteiger partial charge in [0.2, 0.25) is 0 Å². The lowest BCUT2D eigenvalue weighted by atomic mass is 10.0. The first-order valence-electron chi connectivity index (χ1n) is 9.13. The number of hydrogen-bond donors (Lipinski definition) is 1. The number of rotatable bonds is 7. The van der Waals surface area contributed by atoms with Gasteiger partial charge < -0.3 is 4.74 Å². The zero-order valence-electron chi connectivity index (χ0n) is 16.2. The van der Waals surface area contributed by atoms with Gasteiger partial charge in [0.25, 0.3) is 5.91 Å². The second-order valence-corrected chi connectivity index (χ2v) is 8.52. The topological polar surface area (TPSA) is 51.2 Å². The molecule has 0 bridgehead atoms. The van der Waals surface area contributed by atoms with Crippen LogP contribution in [0.2, 0.25) is 5.02 Å². The molecule has 0 aliphatic heterocycles. The number of ether oxygens (including phenoxy) is 1. The Morgan fingerprint density at radius 1 is 1.25 bits per heavy atom. The molecule has 0 spiro atoms. The Kier molecular flexibility index (Phi) is 6.70. The van der Waals surface area contributed by atoms with Crippen molar-refractivity contribution in [2.24, 2.45) is 0 Å². The van der Waals surface area contributed by atoms with E-state index in [1.54, 1.807) is 6.20 Å². The second-order valence-electron chi connectivity index (χ2n) is 6.97. The lowest BCUT2D eigenvalue weighted by Gasteiger charge is -2.14. The van der Waals surface area contributed by atoms with Crippen molar-refractivity contribution in [3.8, 4) is 5.75 Å². The maximum absolute atomic E-state index is 12.3.